The molecule has 3 rings (SSSR count). The Bertz CT molecular complexity index is 917. The molecule has 0 bridgehead atoms. The normalized spacial score (nSPS) is 13.0. The minimum Gasteiger partial charge on any atom is -0.478 e. The second kappa shape index (κ2) is 6.32. The SMILES string of the molecule is CC(c1nc(-c2cccc(C(F)(F)F)c2)cs1)n1cc(C(=O)O)cn1. The van der Waals surface area contributed by atoms with Crippen molar-refractivity contribution in [3.8, 4) is 11.3 Å². The van der Waals surface area contributed by atoms with Gasteiger partial charge in [-0.15, -0.1) is 11.3 Å². The van der Waals surface area contributed by atoms with Gasteiger partial charge in [0.2, 0.25) is 0 Å². The zero-order chi connectivity index (χ0) is 18.2. The van der Waals surface area contributed by atoms with Crippen molar-refractivity contribution >= 4 is 17.3 Å². The molecular formula is C16H12F3N3O2S. The van der Waals surface area contributed by atoms with E-state index in [1.165, 1.54) is 34.5 Å². The number of carbonyl (C=O) groups is 1. The van der Waals surface area contributed by atoms with E-state index in [2.05, 4.69) is 10.1 Å². The Kier molecular flexibility index (Phi) is 4.34. The van der Waals surface area contributed by atoms with Gasteiger partial charge in [-0.3, -0.25) is 4.68 Å². The Balaban J connectivity index is 1.88. The van der Waals surface area contributed by atoms with Crippen LogP contribution in [0.2, 0.25) is 0 Å². The second-order valence-electron chi connectivity index (χ2n) is 5.34. The van der Waals surface area contributed by atoms with Gasteiger partial charge in [0.25, 0.3) is 0 Å². The molecule has 1 atom stereocenters. The van der Waals surface area contributed by atoms with Gasteiger partial charge < -0.3 is 5.11 Å². The van der Waals surface area contributed by atoms with Gasteiger partial charge in [-0.1, -0.05) is 12.1 Å². The minimum absolute atomic E-state index is 0.0570. The van der Waals surface area contributed by atoms with E-state index in [0.29, 0.717) is 16.3 Å². The highest BCUT2D eigenvalue weighted by Crippen LogP contribution is 2.33. The molecule has 2 heterocycles. The van der Waals surface area contributed by atoms with Gasteiger partial charge in [0.05, 0.1) is 23.0 Å². The third kappa shape index (κ3) is 3.55. The Morgan fingerprint density at radius 1 is 1.36 bits per heavy atom. The zero-order valence-electron chi connectivity index (χ0n) is 12.9. The first-order valence-electron chi connectivity index (χ1n) is 7.16. The number of thiazole rings is 1. The third-order valence-electron chi connectivity index (χ3n) is 3.61. The van der Waals surface area contributed by atoms with Crippen molar-refractivity contribution in [2.45, 2.75) is 19.1 Å². The lowest BCUT2D eigenvalue weighted by Crippen LogP contribution is -2.07. The van der Waals surface area contributed by atoms with Crippen LogP contribution in [-0.2, 0) is 6.18 Å². The fourth-order valence-electron chi connectivity index (χ4n) is 2.24. The Hall–Kier alpha value is -2.68. The standard InChI is InChI=1S/C16H12F3N3O2S/c1-9(22-7-11(6-20-22)15(23)24)14-21-13(8-25-14)10-3-2-4-12(5-10)16(17,18)19/h2-9H,1H3,(H,23,24). The summed E-state index contributed by atoms with van der Waals surface area (Å²) >= 11 is 1.28. The van der Waals surface area contributed by atoms with E-state index in [0.717, 1.165) is 12.1 Å². The Labute approximate surface area is 144 Å². The summed E-state index contributed by atoms with van der Waals surface area (Å²) in [7, 11) is 0. The van der Waals surface area contributed by atoms with Crippen LogP contribution in [-0.4, -0.2) is 25.8 Å². The minimum atomic E-state index is -4.41. The van der Waals surface area contributed by atoms with Crippen LogP contribution in [0, 0.1) is 0 Å². The highest BCUT2D eigenvalue weighted by atomic mass is 32.1. The van der Waals surface area contributed by atoms with E-state index < -0.39 is 17.7 Å². The molecule has 0 saturated carbocycles. The maximum absolute atomic E-state index is 12.8. The average molecular weight is 367 g/mol. The highest BCUT2D eigenvalue weighted by molar-refractivity contribution is 7.10. The highest BCUT2D eigenvalue weighted by Gasteiger charge is 2.30. The number of alkyl halides is 3. The number of carboxylic acid groups (broad SMARTS) is 1. The topological polar surface area (TPSA) is 68.0 Å². The molecule has 1 aromatic carbocycles. The number of carboxylic acids is 1. The van der Waals surface area contributed by atoms with Gasteiger partial charge in [-0.2, -0.15) is 18.3 Å². The van der Waals surface area contributed by atoms with Crippen molar-refractivity contribution in [2.75, 3.05) is 0 Å². The molecule has 0 saturated heterocycles. The van der Waals surface area contributed by atoms with Crippen molar-refractivity contribution in [3.63, 3.8) is 0 Å². The van der Waals surface area contributed by atoms with Crippen LogP contribution in [0.4, 0.5) is 13.2 Å². The molecule has 0 aliphatic rings. The van der Waals surface area contributed by atoms with Gasteiger partial charge in [0.1, 0.15) is 11.0 Å². The van der Waals surface area contributed by atoms with Crippen molar-refractivity contribution in [2.24, 2.45) is 0 Å². The molecule has 1 N–H and O–H groups in total. The molecule has 3 aromatic rings. The number of hydrogen-bond donors (Lipinski definition) is 1. The van der Waals surface area contributed by atoms with Gasteiger partial charge in [0, 0.05) is 17.1 Å². The van der Waals surface area contributed by atoms with E-state index in [1.807, 2.05) is 0 Å². The number of halogens is 3. The summed E-state index contributed by atoms with van der Waals surface area (Å²) < 4.78 is 39.9. The van der Waals surface area contributed by atoms with E-state index in [-0.39, 0.29) is 11.6 Å². The second-order valence-corrected chi connectivity index (χ2v) is 6.23. The van der Waals surface area contributed by atoms with Gasteiger partial charge >= 0.3 is 12.1 Å². The first-order valence-corrected chi connectivity index (χ1v) is 8.04. The van der Waals surface area contributed by atoms with Gasteiger partial charge in [-0.25, -0.2) is 9.78 Å². The van der Waals surface area contributed by atoms with Crippen molar-refractivity contribution in [1.29, 1.82) is 0 Å². The smallest absolute Gasteiger partial charge is 0.416 e. The summed E-state index contributed by atoms with van der Waals surface area (Å²) in [5, 5.41) is 15.2. The predicted molar refractivity (Wildman–Crippen MR) is 85.6 cm³/mol. The Morgan fingerprint density at radius 3 is 2.76 bits per heavy atom. The number of hydrogen-bond acceptors (Lipinski definition) is 4. The van der Waals surface area contributed by atoms with Gasteiger partial charge in [-0.05, 0) is 19.1 Å². The zero-order valence-corrected chi connectivity index (χ0v) is 13.7. The van der Waals surface area contributed by atoms with Crippen LogP contribution in [0.3, 0.4) is 0 Å². The summed E-state index contributed by atoms with van der Waals surface area (Å²) in [4.78, 5) is 15.3. The van der Waals surface area contributed by atoms with Crippen LogP contribution in [0.25, 0.3) is 11.3 Å². The number of rotatable bonds is 4. The Morgan fingerprint density at radius 2 is 2.12 bits per heavy atom. The number of benzene rings is 1. The summed E-state index contributed by atoms with van der Waals surface area (Å²) in [5.41, 5.74) is 0.132. The van der Waals surface area contributed by atoms with Crippen LogP contribution in [0.1, 0.15) is 33.9 Å². The van der Waals surface area contributed by atoms with Crippen LogP contribution in [0.5, 0.6) is 0 Å². The molecular weight excluding hydrogens is 355 g/mol. The van der Waals surface area contributed by atoms with E-state index in [9.17, 15) is 18.0 Å². The molecule has 25 heavy (non-hydrogen) atoms. The first kappa shape index (κ1) is 17.2. The van der Waals surface area contributed by atoms with Crippen molar-refractivity contribution < 1.29 is 23.1 Å². The lowest BCUT2D eigenvalue weighted by atomic mass is 10.1. The molecule has 0 spiro atoms. The molecule has 2 aromatic heterocycles. The molecule has 9 heteroatoms. The monoisotopic (exact) mass is 367 g/mol. The van der Waals surface area contributed by atoms with Crippen molar-refractivity contribution in [1.82, 2.24) is 14.8 Å². The average Bonchev–Trinajstić information content (AvgIpc) is 3.23. The quantitative estimate of drug-likeness (QED) is 0.745. The fraction of sp³-hybridized carbons (Fsp3) is 0.188. The third-order valence-corrected chi connectivity index (χ3v) is 4.63. The van der Waals surface area contributed by atoms with Crippen LogP contribution < -0.4 is 0 Å². The summed E-state index contributed by atoms with van der Waals surface area (Å²) in [6.07, 6.45) is -1.79. The van der Waals surface area contributed by atoms with E-state index >= 15 is 0 Å². The molecule has 0 fully saturated rings. The molecule has 5 nitrogen and oxygen atoms in total. The molecule has 130 valence electrons. The number of aromatic nitrogens is 3. The molecule has 0 aliphatic heterocycles. The van der Waals surface area contributed by atoms with Crippen LogP contribution >= 0.6 is 11.3 Å². The molecule has 0 amide bonds. The van der Waals surface area contributed by atoms with Crippen LogP contribution in [0.15, 0.2) is 42.0 Å². The fourth-order valence-corrected chi connectivity index (χ4v) is 3.12. The van der Waals surface area contributed by atoms with Gasteiger partial charge in [0.15, 0.2) is 0 Å². The maximum Gasteiger partial charge on any atom is 0.416 e. The van der Waals surface area contributed by atoms with E-state index in [1.54, 1.807) is 18.4 Å². The summed E-state index contributed by atoms with van der Waals surface area (Å²) in [6, 6.07) is 4.64. The van der Waals surface area contributed by atoms with E-state index in [4.69, 9.17) is 5.11 Å². The molecule has 0 aliphatic carbocycles. The summed E-state index contributed by atoms with van der Waals surface area (Å²) in [6.45, 7) is 1.79. The van der Waals surface area contributed by atoms with Crippen molar-refractivity contribution in [3.05, 3.63) is 58.2 Å². The first-order chi connectivity index (χ1) is 11.8. The molecule has 0 radical (unpaired) electrons. The lowest BCUT2D eigenvalue weighted by Gasteiger charge is -2.09. The number of aromatic carboxylic acids is 1. The molecule has 1 unspecified atom stereocenters. The summed E-state index contributed by atoms with van der Waals surface area (Å²) in [5.74, 6) is -1.08. The number of nitrogens with zero attached hydrogens (tertiary/aromatic N) is 3. The largest absolute Gasteiger partial charge is 0.478 e. The predicted octanol–water partition coefficient (Wildman–Crippen LogP) is 4.33. The maximum atomic E-state index is 12.8. The lowest BCUT2D eigenvalue weighted by molar-refractivity contribution is -0.137.